The Bertz CT molecular complexity index is 1050. The summed E-state index contributed by atoms with van der Waals surface area (Å²) in [5, 5.41) is 17.7. The Labute approximate surface area is 191 Å². The number of pyridine rings is 1. The molecule has 168 valence electrons. The van der Waals surface area contributed by atoms with E-state index in [1.807, 2.05) is 24.3 Å². The van der Waals surface area contributed by atoms with Crippen molar-refractivity contribution in [3.63, 3.8) is 0 Å². The van der Waals surface area contributed by atoms with Crippen molar-refractivity contribution >= 4 is 23.3 Å². The van der Waals surface area contributed by atoms with E-state index < -0.39 is 0 Å². The van der Waals surface area contributed by atoms with E-state index in [9.17, 15) is 0 Å². The quantitative estimate of drug-likeness (QED) is 0.444. The summed E-state index contributed by atoms with van der Waals surface area (Å²) < 4.78 is 15.3. The van der Waals surface area contributed by atoms with Crippen molar-refractivity contribution in [3.05, 3.63) is 36.5 Å². The molecule has 2 N–H and O–H groups in total. The largest absolute Gasteiger partial charge is 0.478 e. The van der Waals surface area contributed by atoms with Crippen LogP contribution in [-0.4, -0.2) is 52.3 Å². The Kier molecular flexibility index (Phi) is 6.45. The topological polar surface area (TPSA) is 96.5 Å². The van der Waals surface area contributed by atoms with Crippen molar-refractivity contribution in [3.8, 4) is 28.8 Å². The van der Waals surface area contributed by atoms with Gasteiger partial charge in [-0.05, 0) is 55.9 Å². The zero-order chi connectivity index (χ0) is 21.8. The number of hydrogen-bond donors (Lipinski definition) is 2. The molecule has 1 saturated heterocycles. The van der Waals surface area contributed by atoms with E-state index in [2.05, 4.69) is 30.9 Å². The third-order valence-corrected chi connectivity index (χ3v) is 6.75. The Morgan fingerprint density at radius 3 is 2.84 bits per heavy atom. The molecule has 3 aromatic rings. The fourth-order valence-corrected chi connectivity index (χ4v) is 4.79. The highest BCUT2D eigenvalue weighted by atomic mass is 32.2. The Morgan fingerprint density at radius 1 is 1.09 bits per heavy atom. The number of piperidine rings is 1. The summed E-state index contributed by atoms with van der Waals surface area (Å²) in [6, 6.07) is 9.89. The molecular weight excluding hydrogens is 426 g/mol. The Hall–Kier alpha value is -2.78. The number of fused-ring (bicyclic) bond motifs is 5. The first-order valence-corrected chi connectivity index (χ1v) is 12.1. The highest BCUT2D eigenvalue weighted by Gasteiger charge is 2.24. The average molecular weight is 454 g/mol. The second-order valence-electron chi connectivity index (χ2n) is 8.12. The first kappa shape index (κ1) is 21.1. The van der Waals surface area contributed by atoms with Gasteiger partial charge in [0.2, 0.25) is 17.7 Å². The number of hydrogen-bond acceptors (Lipinski definition) is 9. The van der Waals surface area contributed by atoms with Gasteiger partial charge in [-0.3, -0.25) is 0 Å². The second-order valence-corrected chi connectivity index (χ2v) is 9.02. The third-order valence-electron chi connectivity index (χ3n) is 5.98. The van der Waals surface area contributed by atoms with Crippen LogP contribution < -0.4 is 14.4 Å². The molecule has 0 aliphatic carbocycles. The minimum absolute atomic E-state index is 0.142. The Balaban J connectivity index is 1.53. The van der Waals surface area contributed by atoms with Crippen LogP contribution in [0.1, 0.15) is 25.7 Å². The molecule has 6 rings (SSSR count). The molecule has 8 nitrogen and oxygen atoms in total. The lowest BCUT2D eigenvalue weighted by molar-refractivity contribution is 0.271. The first-order chi connectivity index (χ1) is 15.8. The van der Waals surface area contributed by atoms with Crippen LogP contribution in [0.4, 0.5) is 11.4 Å². The number of nitrogens with one attached hydrogen (secondary N) is 1. The van der Waals surface area contributed by atoms with E-state index in [4.69, 9.17) is 14.3 Å². The van der Waals surface area contributed by atoms with Crippen LogP contribution >= 0.6 is 11.9 Å². The lowest BCUT2D eigenvalue weighted by atomic mass is 9.91. The van der Waals surface area contributed by atoms with E-state index in [0.29, 0.717) is 35.9 Å². The maximum absolute atomic E-state index is 9.07. The van der Waals surface area contributed by atoms with Crippen LogP contribution in [-0.2, 0) is 0 Å². The van der Waals surface area contributed by atoms with Crippen molar-refractivity contribution < 1.29 is 14.3 Å². The summed E-state index contributed by atoms with van der Waals surface area (Å²) >= 11 is 1.49. The smallest absolute Gasteiger partial charge is 0.250 e. The minimum Gasteiger partial charge on any atom is -0.478 e. The monoisotopic (exact) mass is 453 g/mol. The highest BCUT2D eigenvalue weighted by Crippen LogP contribution is 2.37. The van der Waals surface area contributed by atoms with E-state index in [-0.39, 0.29) is 6.61 Å². The lowest BCUT2D eigenvalue weighted by Gasteiger charge is -2.34. The third kappa shape index (κ3) is 4.68. The zero-order valence-electron chi connectivity index (χ0n) is 17.9. The molecule has 0 unspecified atom stereocenters. The maximum Gasteiger partial charge on any atom is 0.250 e. The summed E-state index contributed by atoms with van der Waals surface area (Å²) in [6.45, 7) is 2.79. The fraction of sp³-hybridized carbons (Fsp3) is 0.435. The van der Waals surface area contributed by atoms with Crippen molar-refractivity contribution in [1.82, 2.24) is 15.2 Å². The molecule has 32 heavy (non-hydrogen) atoms. The van der Waals surface area contributed by atoms with Gasteiger partial charge in [-0.25, -0.2) is 4.98 Å². The number of aliphatic hydroxyl groups is 1. The van der Waals surface area contributed by atoms with E-state index in [1.54, 1.807) is 6.20 Å². The summed E-state index contributed by atoms with van der Waals surface area (Å²) in [6.07, 6.45) is 6.20. The zero-order valence-corrected chi connectivity index (χ0v) is 18.7. The molecule has 0 radical (unpaired) electrons. The van der Waals surface area contributed by atoms with Gasteiger partial charge in [0.25, 0.3) is 0 Å². The van der Waals surface area contributed by atoms with Gasteiger partial charge in [-0.2, -0.15) is 0 Å². The van der Waals surface area contributed by atoms with Crippen molar-refractivity contribution in [2.45, 2.75) is 25.7 Å². The highest BCUT2D eigenvalue weighted by molar-refractivity contribution is 8.00. The van der Waals surface area contributed by atoms with Gasteiger partial charge >= 0.3 is 0 Å². The van der Waals surface area contributed by atoms with Crippen molar-refractivity contribution in [2.75, 3.05) is 41.7 Å². The molecule has 1 fully saturated rings. The average Bonchev–Trinajstić information content (AvgIpc) is 3.32. The molecular formula is C23H27N5O3S. The van der Waals surface area contributed by atoms with E-state index in [1.165, 1.54) is 18.4 Å². The maximum atomic E-state index is 9.07. The molecule has 6 bridgehead atoms. The van der Waals surface area contributed by atoms with Gasteiger partial charge in [0.1, 0.15) is 0 Å². The van der Waals surface area contributed by atoms with Crippen LogP contribution in [0, 0.1) is 5.92 Å². The van der Waals surface area contributed by atoms with Gasteiger partial charge < -0.3 is 23.9 Å². The lowest BCUT2D eigenvalue weighted by Crippen LogP contribution is -2.34. The molecule has 2 aromatic heterocycles. The number of ether oxygens (including phenoxy) is 1. The number of benzene rings is 1. The molecule has 9 heteroatoms. The molecule has 0 amide bonds. The van der Waals surface area contributed by atoms with Crippen molar-refractivity contribution in [1.29, 1.82) is 0 Å². The summed E-state index contributed by atoms with van der Waals surface area (Å²) in [7, 11) is 0. The number of nitrogens with zero attached hydrogens (tertiary/aromatic N) is 4. The Morgan fingerprint density at radius 2 is 1.97 bits per heavy atom. The minimum atomic E-state index is 0.142. The molecule has 0 spiro atoms. The predicted molar refractivity (Wildman–Crippen MR) is 126 cm³/mol. The van der Waals surface area contributed by atoms with Gasteiger partial charge in [-0.1, -0.05) is 11.9 Å². The number of anilines is 2. The van der Waals surface area contributed by atoms with Crippen LogP contribution in [0.25, 0.3) is 22.9 Å². The second kappa shape index (κ2) is 9.79. The summed E-state index contributed by atoms with van der Waals surface area (Å²) in [5.74, 6) is 2.87. The van der Waals surface area contributed by atoms with Crippen LogP contribution in [0.3, 0.4) is 0 Å². The SMILES string of the molecule is OCCSNc1ccc2c(c1)N1CCC(CCCOc3cc(ccn3)-c3nnc-2o3)CC1. The van der Waals surface area contributed by atoms with Crippen LogP contribution in [0.5, 0.6) is 5.88 Å². The van der Waals surface area contributed by atoms with Crippen molar-refractivity contribution in [2.24, 2.45) is 5.92 Å². The van der Waals surface area contributed by atoms with E-state index >= 15 is 0 Å². The number of aromatic nitrogens is 3. The molecule has 0 saturated carbocycles. The van der Waals surface area contributed by atoms with Gasteiger partial charge in [0, 0.05) is 42.4 Å². The first-order valence-electron chi connectivity index (χ1n) is 11.1. The van der Waals surface area contributed by atoms with Crippen LogP contribution in [0.2, 0.25) is 0 Å². The normalized spacial score (nSPS) is 16.5. The molecule has 3 aliphatic heterocycles. The van der Waals surface area contributed by atoms with Gasteiger partial charge in [0.05, 0.1) is 24.5 Å². The number of aliphatic hydroxyl groups excluding tert-OH is 1. The molecule has 1 aromatic carbocycles. The summed E-state index contributed by atoms with van der Waals surface area (Å²) in [5.41, 5.74) is 3.81. The fourth-order valence-electron chi connectivity index (χ4n) is 4.30. The standard InChI is InChI=1S/C23H27N5O3S/c29-11-13-32-27-18-3-4-19-20(15-18)28-9-6-16(7-10-28)2-1-12-30-21-14-17(5-8-24-21)22-25-26-23(19)31-22/h3-5,8,14-16,27,29H,1-2,6-7,9-13H2. The predicted octanol–water partition coefficient (Wildman–Crippen LogP) is 4.24. The summed E-state index contributed by atoms with van der Waals surface area (Å²) in [4.78, 5) is 6.74. The van der Waals surface area contributed by atoms with Gasteiger partial charge in [0.15, 0.2) is 0 Å². The molecule has 3 aliphatic rings. The number of rotatable bonds is 4. The van der Waals surface area contributed by atoms with Crippen LogP contribution in [0.15, 0.2) is 40.9 Å². The van der Waals surface area contributed by atoms with E-state index in [0.717, 1.165) is 54.9 Å². The molecule has 5 heterocycles. The van der Waals surface area contributed by atoms with Gasteiger partial charge in [-0.15, -0.1) is 10.2 Å². The molecule has 0 atom stereocenters.